The number of hydrogen-bond acceptors (Lipinski definition) is 4. The lowest BCUT2D eigenvalue weighted by Gasteiger charge is -2.25. The Balaban J connectivity index is 0.00000361. The van der Waals surface area contributed by atoms with Crippen LogP contribution in [0.1, 0.15) is 57.8 Å². The van der Waals surface area contributed by atoms with Crippen molar-refractivity contribution < 1.29 is 26.5 Å². The van der Waals surface area contributed by atoms with E-state index in [1.54, 1.807) is 11.3 Å². The first-order valence-corrected chi connectivity index (χ1v) is 7.52. The van der Waals surface area contributed by atoms with E-state index >= 15 is 0 Å². The van der Waals surface area contributed by atoms with Crippen LogP contribution in [0.2, 0.25) is 0 Å². The molecule has 0 spiro atoms. The summed E-state index contributed by atoms with van der Waals surface area (Å²) in [5, 5.41) is 5.88. The summed E-state index contributed by atoms with van der Waals surface area (Å²) < 4.78 is 5.32. The van der Waals surface area contributed by atoms with Crippen molar-refractivity contribution >= 4 is 17.4 Å². The van der Waals surface area contributed by atoms with E-state index in [4.69, 9.17) is 4.74 Å². The Morgan fingerprint density at radius 1 is 1.50 bits per heavy atom. The molecule has 0 aliphatic rings. The Kier molecular flexibility index (Phi) is 7.73. The summed E-state index contributed by atoms with van der Waals surface area (Å²) in [6.45, 7) is 11.8. The maximum atomic E-state index is 11.9. The number of ether oxygens (including phenoxy) is 1. The van der Waals surface area contributed by atoms with Crippen LogP contribution in [0.4, 0.5) is 4.79 Å². The van der Waals surface area contributed by atoms with Crippen molar-refractivity contribution in [3.8, 4) is 0 Å². The molecule has 20 heavy (non-hydrogen) atoms. The van der Waals surface area contributed by atoms with E-state index in [0.29, 0.717) is 5.92 Å². The molecule has 1 rings (SSSR count). The molecule has 0 aliphatic heterocycles. The van der Waals surface area contributed by atoms with Crippen molar-refractivity contribution in [1.29, 1.82) is 0 Å². The first-order chi connectivity index (χ1) is 8.73. The Labute approximate surface area is 136 Å². The average molecular weight is 364 g/mol. The van der Waals surface area contributed by atoms with Crippen molar-refractivity contribution in [2.45, 2.75) is 59.6 Å². The van der Waals surface area contributed by atoms with Crippen LogP contribution >= 0.6 is 11.3 Å². The zero-order valence-corrected chi connectivity index (χ0v) is 15.4. The molecule has 1 N–H and O–H groups in total. The molecule has 1 aromatic rings. The second kappa shape index (κ2) is 7.98. The molecule has 6 heteroatoms. The normalized spacial score (nSPS) is 14.1. The number of alkyl carbamates (subject to hydrolysis) is 1. The van der Waals surface area contributed by atoms with Crippen molar-refractivity contribution in [2.75, 3.05) is 0 Å². The minimum absolute atomic E-state index is 0. The molecule has 0 fully saturated rings. The van der Waals surface area contributed by atoms with E-state index < -0.39 is 5.60 Å². The van der Waals surface area contributed by atoms with E-state index in [9.17, 15) is 4.79 Å². The molecular formula is C14H24BrN2O2S-. The number of amides is 1. The van der Waals surface area contributed by atoms with Gasteiger partial charge in [0, 0.05) is 11.1 Å². The molecule has 0 aromatic carbocycles. The fraction of sp³-hybridized carbons (Fsp3) is 0.714. The van der Waals surface area contributed by atoms with E-state index in [1.165, 1.54) is 0 Å². The first-order valence-electron chi connectivity index (χ1n) is 6.64. The highest BCUT2D eigenvalue weighted by atomic mass is 79.9. The molecule has 0 radical (unpaired) electrons. The lowest BCUT2D eigenvalue weighted by molar-refractivity contribution is -0.0000276. The maximum absolute atomic E-state index is 11.9. The first kappa shape index (κ1) is 19.4. The second-order valence-corrected chi connectivity index (χ2v) is 6.73. The summed E-state index contributed by atoms with van der Waals surface area (Å²) in [4.78, 5) is 16.4. The van der Waals surface area contributed by atoms with Gasteiger partial charge in [-0.25, -0.2) is 9.78 Å². The molecule has 116 valence electrons. The molecular weight excluding hydrogens is 340 g/mol. The van der Waals surface area contributed by atoms with Crippen molar-refractivity contribution in [1.82, 2.24) is 10.3 Å². The average Bonchev–Trinajstić information content (AvgIpc) is 2.69. The molecule has 0 saturated carbocycles. The lowest BCUT2D eigenvalue weighted by atomic mass is 10.00. The van der Waals surface area contributed by atoms with E-state index in [2.05, 4.69) is 24.1 Å². The molecule has 0 saturated heterocycles. The minimum Gasteiger partial charge on any atom is -1.00 e. The summed E-state index contributed by atoms with van der Waals surface area (Å²) in [5.74, 6) is 0.318. The Hall–Kier alpha value is -0.620. The van der Waals surface area contributed by atoms with Gasteiger partial charge in [0.25, 0.3) is 0 Å². The number of aryl methyl sites for hydroxylation is 1. The molecule has 2 atom stereocenters. The van der Waals surface area contributed by atoms with Crippen LogP contribution in [-0.4, -0.2) is 16.7 Å². The zero-order chi connectivity index (χ0) is 14.6. The van der Waals surface area contributed by atoms with Gasteiger partial charge in [0.05, 0.1) is 6.04 Å². The monoisotopic (exact) mass is 363 g/mol. The summed E-state index contributed by atoms with van der Waals surface area (Å²) in [6, 6.07) is -0.0847. The fourth-order valence-corrected chi connectivity index (χ4v) is 2.61. The van der Waals surface area contributed by atoms with Gasteiger partial charge >= 0.3 is 6.09 Å². The van der Waals surface area contributed by atoms with Gasteiger partial charge in [-0.3, -0.25) is 0 Å². The maximum Gasteiger partial charge on any atom is 0.408 e. The van der Waals surface area contributed by atoms with Gasteiger partial charge in [-0.1, -0.05) is 20.3 Å². The summed E-state index contributed by atoms with van der Waals surface area (Å²) in [6.07, 6.45) is 0.588. The zero-order valence-electron chi connectivity index (χ0n) is 13.0. The molecule has 1 heterocycles. The number of nitrogens with zero attached hydrogens (tertiary/aromatic N) is 1. The molecule has 0 bridgehead atoms. The predicted octanol–water partition coefficient (Wildman–Crippen LogP) is 1.07. The summed E-state index contributed by atoms with van der Waals surface area (Å²) >= 11 is 1.58. The van der Waals surface area contributed by atoms with Crippen molar-refractivity contribution in [3.05, 3.63) is 16.1 Å². The number of carbonyl (C=O) groups excluding carboxylic acids is 1. The van der Waals surface area contributed by atoms with Gasteiger partial charge in [0.15, 0.2) is 0 Å². The van der Waals surface area contributed by atoms with Crippen LogP contribution in [0.5, 0.6) is 0 Å². The van der Waals surface area contributed by atoms with Crippen molar-refractivity contribution in [2.24, 2.45) is 5.92 Å². The minimum atomic E-state index is -0.483. The number of hydrogen-bond donors (Lipinski definition) is 1. The fourth-order valence-electron chi connectivity index (χ4n) is 1.63. The Morgan fingerprint density at radius 3 is 2.50 bits per heavy atom. The van der Waals surface area contributed by atoms with E-state index in [-0.39, 0.29) is 29.1 Å². The molecule has 4 nitrogen and oxygen atoms in total. The van der Waals surface area contributed by atoms with E-state index in [0.717, 1.165) is 17.1 Å². The quantitative estimate of drug-likeness (QED) is 0.870. The molecule has 1 amide bonds. The van der Waals surface area contributed by atoms with Gasteiger partial charge in [-0.2, -0.15) is 0 Å². The van der Waals surface area contributed by atoms with Crippen LogP contribution in [0.25, 0.3) is 0 Å². The third-order valence-corrected chi connectivity index (χ3v) is 3.83. The number of carbonyl (C=O) groups is 1. The number of nitrogens with one attached hydrogen (secondary N) is 1. The smallest absolute Gasteiger partial charge is 0.408 e. The largest absolute Gasteiger partial charge is 1.00 e. The van der Waals surface area contributed by atoms with Crippen LogP contribution < -0.4 is 22.3 Å². The predicted molar refractivity (Wildman–Crippen MR) is 78.4 cm³/mol. The molecule has 0 aliphatic carbocycles. The van der Waals surface area contributed by atoms with Crippen LogP contribution in [0.3, 0.4) is 0 Å². The summed E-state index contributed by atoms with van der Waals surface area (Å²) in [7, 11) is 0. The molecule has 0 unspecified atom stereocenters. The highest BCUT2D eigenvalue weighted by Gasteiger charge is 2.25. The Morgan fingerprint density at radius 2 is 2.10 bits per heavy atom. The highest BCUT2D eigenvalue weighted by molar-refractivity contribution is 7.09. The Bertz CT molecular complexity index is 429. The van der Waals surface area contributed by atoms with Crippen LogP contribution in [-0.2, 0) is 4.74 Å². The van der Waals surface area contributed by atoms with Crippen LogP contribution in [0.15, 0.2) is 5.38 Å². The SMILES string of the molecule is CC[C@H](C)[C@H](NC(=O)OC(C)(C)C)c1nc(C)cs1.[Br-]. The second-order valence-electron chi connectivity index (χ2n) is 5.84. The van der Waals surface area contributed by atoms with Crippen LogP contribution in [0, 0.1) is 12.8 Å². The highest BCUT2D eigenvalue weighted by Crippen LogP contribution is 2.27. The number of halogens is 1. The lowest BCUT2D eigenvalue weighted by Crippen LogP contribution is -3.00. The third-order valence-electron chi connectivity index (χ3n) is 2.79. The number of rotatable bonds is 4. The summed E-state index contributed by atoms with van der Waals surface area (Å²) in [5.41, 5.74) is 0.502. The van der Waals surface area contributed by atoms with Gasteiger partial charge in [-0.15, -0.1) is 11.3 Å². The molecule has 1 aromatic heterocycles. The van der Waals surface area contributed by atoms with E-state index in [1.807, 2.05) is 33.1 Å². The standard InChI is InChI=1S/C14H24N2O2S.BrH/c1-7-9(2)11(12-15-10(3)8-19-12)16-13(17)18-14(4,5)6;/h8-9,11H,7H2,1-6H3,(H,16,17);1H/p-1/t9-,11-;/m0./s1. The van der Waals surface area contributed by atoms with Gasteiger partial charge < -0.3 is 27.0 Å². The van der Waals surface area contributed by atoms with Gasteiger partial charge in [-0.05, 0) is 33.6 Å². The number of aromatic nitrogens is 1. The third kappa shape index (κ3) is 6.22. The topological polar surface area (TPSA) is 51.2 Å². The van der Waals surface area contributed by atoms with Gasteiger partial charge in [0.1, 0.15) is 10.6 Å². The van der Waals surface area contributed by atoms with Gasteiger partial charge in [0.2, 0.25) is 0 Å². The van der Waals surface area contributed by atoms with Crippen molar-refractivity contribution in [3.63, 3.8) is 0 Å². The number of thiazole rings is 1.